The summed E-state index contributed by atoms with van der Waals surface area (Å²) in [5, 5.41) is 15.5. The molecule has 2 aromatic rings. The monoisotopic (exact) mass is 413 g/mol. The van der Waals surface area contributed by atoms with Crippen LogP contribution in [0.1, 0.15) is 38.4 Å². The van der Waals surface area contributed by atoms with E-state index in [2.05, 4.69) is 23.7 Å². The van der Waals surface area contributed by atoms with E-state index in [1.165, 1.54) is 12.8 Å². The van der Waals surface area contributed by atoms with Crippen molar-refractivity contribution in [3.8, 4) is 11.8 Å². The number of fused-ring (bicyclic) bond motifs is 1. The lowest BCUT2D eigenvalue weighted by atomic mass is 10.2. The summed E-state index contributed by atoms with van der Waals surface area (Å²) in [5.41, 5.74) is 0.817. The van der Waals surface area contributed by atoms with Crippen LogP contribution >= 0.6 is 0 Å². The van der Waals surface area contributed by atoms with E-state index in [4.69, 9.17) is 24.8 Å². The van der Waals surface area contributed by atoms with Crippen molar-refractivity contribution < 1.29 is 19.8 Å². The van der Waals surface area contributed by atoms with E-state index in [0.717, 1.165) is 50.2 Å². The quantitative estimate of drug-likeness (QED) is 0.569. The Morgan fingerprint density at radius 1 is 1.07 bits per heavy atom. The number of nitrogens with zero attached hydrogens (tertiary/aromatic N) is 3. The van der Waals surface area contributed by atoms with Gasteiger partial charge in [0.25, 0.3) is 5.56 Å². The van der Waals surface area contributed by atoms with Crippen LogP contribution in [0.3, 0.4) is 0 Å². The average molecular weight is 413 g/mol. The number of carboxylic acids is 2. The van der Waals surface area contributed by atoms with Crippen molar-refractivity contribution in [2.75, 3.05) is 19.6 Å². The van der Waals surface area contributed by atoms with E-state index in [0.29, 0.717) is 11.9 Å². The summed E-state index contributed by atoms with van der Waals surface area (Å²) in [7, 11) is 0. The second kappa shape index (κ2) is 11.7. The van der Waals surface area contributed by atoms with Crippen LogP contribution in [0.15, 0.2) is 29.1 Å². The third-order valence-electron chi connectivity index (χ3n) is 4.74. The zero-order valence-electron chi connectivity index (χ0n) is 17.1. The third-order valence-corrected chi connectivity index (χ3v) is 4.74. The first kappa shape index (κ1) is 23.1. The maximum absolute atomic E-state index is 12.8. The number of carbonyl (C=O) groups is 2. The summed E-state index contributed by atoms with van der Waals surface area (Å²) in [5.74, 6) is 3.61. The molecule has 160 valence electrons. The van der Waals surface area contributed by atoms with Crippen LogP contribution in [-0.2, 0) is 22.6 Å². The first-order valence-corrected chi connectivity index (χ1v) is 10.1. The molecule has 2 N–H and O–H groups in total. The summed E-state index contributed by atoms with van der Waals surface area (Å²) in [6.45, 7) is 5.69. The Balaban J connectivity index is 0.000000469. The van der Waals surface area contributed by atoms with E-state index in [1.807, 2.05) is 24.3 Å². The van der Waals surface area contributed by atoms with Crippen LogP contribution in [-0.4, -0.2) is 56.2 Å². The van der Waals surface area contributed by atoms with Crippen LogP contribution < -0.4 is 5.56 Å². The minimum atomic E-state index is -1.82. The van der Waals surface area contributed by atoms with Crippen molar-refractivity contribution in [3.05, 3.63) is 40.4 Å². The van der Waals surface area contributed by atoms with Gasteiger partial charge in [0, 0.05) is 6.42 Å². The molecule has 0 bridgehead atoms. The zero-order chi connectivity index (χ0) is 21.9. The normalized spacial score (nSPS) is 13.2. The van der Waals surface area contributed by atoms with Crippen LogP contribution in [0.25, 0.3) is 10.9 Å². The van der Waals surface area contributed by atoms with Crippen LogP contribution in [0.5, 0.6) is 0 Å². The molecular weight excluding hydrogens is 386 g/mol. The van der Waals surface area contributed by atoms with Gasteiger partial charge in [-0.15, -0.1) is 0 Å². The minimum absolute atomic E-state index is 0.0298. The maximum atomic E-state index is 12.8. The predicted molar refractivity (Wildman–Crippen MR) is 113 cm³/mol. The number of hydrogen-bond acceptors (Lipinski definition) is 5. The van der Waals surface area contributed by atoms with Crippen LogP contribution in [0.4, 0.5) is 0 Å². The van der Waals surface area contributed by atoms with Gasteiger partial charge < -0.3 is 10.2 Å². The number of aliphatic carboxylic acids is 2. The highest BCUT2D eigenvalue weighted by Crippen LogP contribution is 2.10. The van der Waals surface area contributed by atoms with Gasteiger partial charge in [0.15, 0.2) is 0 Å². The van der Waals surface area contributed by atoms with Gasteiger partial charge in [0.1, 0.15) is 5.82 Å². The maximum Gasteiger partial charge on any atom is 0.414 e. The highest BCUT2D eigenvalue weighted by molar-refractivity contribution is 6.27. The molecule has 1 aliphatic heterocycles. The van der Waals surface area contributed by atoms with Gasteiger partial charge in [-0.1, -0.05) is 37.3 Å². The van der Waals surface area contributed by atoms with Crippen LogP contribution in [0, 0.1) is 11.8 Å². The van der Waals surface area contributed by atoms with Crippen molar-refractivity contribution >= 4 is 22.8 Å². The molecule has 0 unspecified atom stereocenters. The van der Waals surface area contributed by atoms with Crippen molar-refractivity contribution in [1.29, 1.82) is 0 Å². The van der Waals surface area contributed by atoms with Gasteiger partial charge >= 0.3 is 11.9 Å². The number of aromatic nitrogens is 2. The number of para-hydroxylation sites is 1. The fraction of sp³-hybridized carbons (Fsp3) is 0.455. The molecule has 1 fully saturated rings. The highest BCUT2D eigenvalue weighted by Gasteiger charge is 2.10. The van der Waals surface area contributed by atoms with Crippen LogP contribution in [0.2, 0.25) is 0 Å². The molecule has 30 heavy (non-hydrogen) atoms. The van der Waals surface area contributed by atoms with Crippen molar-refractivity contribution in [3.63, 3.8) is 0 Å². The predicted octanol–water partition coefficient (Wildman–Crippen LogP) is 1.99. The second-order valence-corrected chi connectivity index (χ2v) is 6.99. The van der Waals surface area contributed by atoms with Gasteiger partial charge in [-0.05, 0) is 44.5 Å². The molecule has 1 aromatic heterocycles. The lowest BCUT2D eigenvalue weighted by Crippen LogP contribution is -2.25. The fourth-order valence-corrected chi connectivity index (χ4v) is 3.15. The van der Waals surface area contributed by atoms with E-state index in [-0.39, 0.29) is 5.56 Å². The van der Waals surface area contributed by atoms with E-state index < -0.39 is 11.9 Å². The Kier molecular flexibility index (Phi) is 9.03. The molecule has 8 heteroatoms. The standard InChI is InChI=1S/C20H25N3O.C2H2O4/c1-2-3-12-19-21-18-11-5-4-10-17(18)20(24)23(19)16-9-8-15-22-13-6-7-14-22;3-1(4)2(5)6/h4-5,10-11H,2-3,6-7,12-16H2,1H3;(H,3,4)(H,5,6). The summed E-state index contributed by atoms with van der Waals surface area (Å²) in [6, 6.07) is 7.58. The zero-order valence-corrected chi connectivity index (χ0v) is 17.1. The van der Waals surface area contributed by atoms with E-state index in [9.17, 15) is 4.79 Å². The largest absolute Gasteiger partial charge is 0.473 e. The molecule has 0 atom stereocenters. The lowest BCUT2D eigenvalue weighted by Gasteiger charge is -2.11. The van der Waals surface area contributed by atoms with Crippen molar-refractivity contribution in [2.24, 2.45) is 0 Å². The molecule has 1 aromatic carbocycles. The van der Waals surface area contributed by atoms with Gasteiger partial charge in [-0.3, -0.25) is 14.3 Å². The third kappa shape index (κ3) is 6.71. The van der Waals surface area contributed by atoms with Crippen molar-refractivity contribution in [2.45, 2.75) is 45.6 Å². The van der Waals surface area contributed by atoms with Gasteiger partial charge in [-0.2, -0.15) is 0 Å². The second-order valence-electron chi connectivity index (χ2n) is 6.99. The number of carboxylic acid groups (broad SMARTS) is 2. The summed E-state index contributed by atoms with van der Waals surface area (Å²) >= 11 is 0. The molecule has 2 heterocycles. The summed E-state index contributed by atoms with van der Waals surface area (Å²) in [6.07, 6.45) is 5.49. The minimum Gasteiger partial charge on any atom is -0.473 e. The molecule has 0 aliphatic carbocycles. The molecule has 3 rings (SSSR count). The number of aryl methyl sites for hydroxylation is 1. The molecule has 0 saturated carbocycles. The molecule has 0 amide bonds. The number of rotatable bonds is 5. The molecule has 8 nitrogen and oxygen atoms in total. The topological polar surface area (TPSA) is 113 Å². The number of unbranched alkanes of at least 4 members (excludes halogenated alkanes) is 1. The number of hydrogen-bond donors (Lipinski definition) is 2. The number of benzene rings is 1. The van der Waals surface area contributed by atoms with Crippen molar-refractivity contribution in [1.82, 2.24) is 14.5 Å². The fourth-order valence-electron chi connectivity index (χ4n) is 3.15. The van der Waals surface area contributed by atoms with Gasteiger partial charge in [-0.25, -0.2) is 14.6 Å². The lowest BCUT2D eigenvalue weighted by molar-refractivity contribution is -0.159. The molecule has 1 saturated heterocycles. The highest BCUT2D eigenvalue weighted by atomic mass is 16.4. The number of likely N-dealkylation sites (tertiary alicyclic amines) is 1. The molecule has 0 spiro atoms. The SMILES string of the molecule is CCCCc1nc2ccccc2c(=O)n1CC#CCN1CCCC1.O=C(O)C(=O)O. The Hall–Kier alpha value is -3.18. The van der Waals surface area contributed by atoms with Gasteiger partial charge in [0.2, 0.25) is 0 Å². The summed E-state index contributed by atoms with van der Waals surface area (Å²) in [4.78, 5) is 38.1. The van der Waals surface area contributed by atoms with E-state index in [1.54, 1.807) is 4.57 Å². The van der Waals surface area contributed by atoms with E-state index >= 15 is 0 Å². The Morgan fingerprint density at radius 2 is 1.70 bits per heavy atom. The first-order chi connectivity index (χ1) is 14.4. The Bertz CT molecular complexity index is 985. The first-order valence-electron chi connectivity index (χ1n) is 10.1. The molecule has 1 aliphatic rings. The molecule has 0 radical (unpaired) electrons. The molecular formula is C22H27N3O5. The Morgan fingerprint density at radius 3 is 2.33 bits per heavy atom. The average Bonchev–Trinajstić information content (AvgIpc) is 3.25. The Labute approximate surface area is 175 Å². The smallest absolute Gasteiger partial charge is 0.414 e. The van der Waals surface area contributed by atoms with Gasteiger partial charge in [0.05, 0.1) is 24.0 Å². The summed E-state index contributed by atoms with van der Waals surface area (Å²) < 4.78 is 1.76.